The molecule has 0 aliphatic carbocycles. The molecule has 0 spiro atoms. The summed E-state index contributed by atoms with van der Waals surface area (Å²) >= 11 is 1.32. The van der Waals surface area contributed by atoms with Crippen molar-refractivity contribution in [1.29, 1.82) is 0 Å². The van der Waals surface area contributed by atoms with Gasteiger partial charge < -0.3 is 9.47 Å². The monoisotopic (exact) mass is 413 g/mol. The Morgan fingerprint density at radius 3 is 2.70 bits per heavy atom. The third kappa shape index (κ3) is 2.74. The Morgan fingerprint density at radius 1 is 1.00 bits per heavy atom. The number of hydrogen-bond donors (Lipinski definition) is 0. The van der Waals surface area contributed by atoms with Crippen molar-refractivity contribution < 1.29 is 9.47 Å². The van der Waals surface area contributed by atoms with E-state index in [1.807, 2.05) is 54.6 Å². The Labute approximate surface area is 174 Å². The van der Waals surface area contributed by atoms with Gasteiger partial charge in [0.2, 0.25) is 4.96 Å². The van der Waals surface area contributed by atoms with E-state index >= 15 is 0 Å². The average Bonchev–Trinajstić information content (AvgIpc) is 3.33. The Kier molecular flexibility index (Phi) is 3.82. The van der Waals surface area contributed by atoms with E-state index < -0.39 is 6.10 Å². The van der Waals surface area contributed by atoms with Gasteiger partial charge in [0.1, 0.15) is 6.61 Å². The highest BCUT2D eigenvalue weighted by Crippen LogP contribution is 2.35. The second-order valence-electron chi connectivity index (χ2n) is 7.01. The van der Waals surface area contributed by atoms with Gasteiger partial charge in [0.25, 0.3) is 5.56 Å². The van der Waals surface area contributed by atoms with Crippen LogP contribution < -0.4 is 19.6 Å². The summed E-state index contributed by atoms with van der Waals surface area (Å²) in [6, 6.07) is 21.7. The Balaban J connectivity index is 1.40. The summed E-state index contributed by atoms with van der Waals surface area (Å²) < 4.78 is 13.6. The van der Waals surface area contributed by atoms with E-state index in [4.69, 9.17) is 9.47 Å². The first kappa shape index (κ1) is 17.2. The SMILES string of the molecule is O=c1/c(=C/c2cccc3ccccc23)sc2nc([C@H]3COc4ccccc4O3)nn12. The van der Waals surface area contributed by atoms with Crippen molar-refractivity contribution >= 4 is 33.1 Å². The maximum absolute atomic E-state index is 12.9. The smallest absolute Gasteiger partial charge is 0.291 e. The van der Waals surface area contributed by atoms with Crippen LogP contribution in [0.5, 0.6) is 11.5 Å². The van der Waals surface area contributed by atoms with Crippen LogP contribution in [0.2, 0.25) is 0 Å². The number of aromatic nitrogens is 3. The zero-order chi connectivity index (χ0) is 20.1. The molecule has 146 valence electrons. The van der Waals surface area contributed by atoms with E-state index in [1.54, 1.807) is 0 Å². The second-order valence-corrected chi connectivity index (χ2v) is 8.02. The van der Waals surface area contributed by atoms with Crippen molar-refractivity contribution in [2.45, 2.75) is 6.10 Å². The van der Waals surface area contributed by atoms with E-state index in [1.165, 1.54) is 15.9 Å². The molecule has 6 rings (SSSR count). The molecular weight excluding hydrogens is 398 g/mol. The summed E-state index contributed by atoms with van der Waals surface area (Å²) in [5, 5.41) is 6.65. The van der Waals surface area contributed by atoms with Gasteiger partial charge in [-0.2, -0.15) is 9.50 Å². The fourth-order valence-corrected chi connectivity index (χ4v) is 4.56. The highest BCUT2D eigenvalue weighted by atomic mass is 32.1. The first-order valence-electron chi connectivity index (χ1n) is 9.54. The lowest BCUT2D eigenvalue weighted by atomic mass is 10.0. The molecule has 0 fully saturated rings. The summed E-state index contributed by atoms with van der Waals surface area (Å²) in [5.74, 6) is 1.80. The van der Waals surface area contributed by atoms with Gasteiger partial charge in [-0.05, 0) is 34.5 Å². The number of thiazole rings is 1. The van der Waals surface area contributed by atoms with E-state index in [0.717, 1.165) is 16.3 Å². The van der Waals surface area contributed by atoms with Crippen molar-refractivity contribution in [3.05, 3.63) is 93.0 Å². The minimum atomic E-state index is -0.447. The molecule has 0 saturated carbocycles. The first-order chi connectivity index (χ1) is 14.8. The highest BCUT2D eigenvalue weighted by Gasteiger charge is 2.27. The minimum absolute atomic E-state index is 0.182. The normalized spacial score (nSPS) is 16.4. The summed E-state index contributed by atoms with van der Waals surface area (Å²) in [5.41, 5.74) is 0.814. The molecule has 30 heavy (non-hydrogen) atoms. The zero-order valence-corrected chi connectivity index (χ0v) is 16.5. The number of para-hydroxylation sites is 2. The minimum Gasteiger partial charge on any atom is -0.485 e. The fraction of sp³-hybridized carbons (Fsp3) is 0.0870. The predicted molar refractivity (Wildman–Crippen MR) is 115 cm³/mol. The number of nitrogens with zero attached hydrogens (tertiary/aromatic N) is 3. The van der Waals surface area contributed by atoms with Crippen LogP contribution in [-0.2, 0) is 0 Å². The summed E-state index contributed by atoms with van der Waals surface area (Å²) in [6.45, 7) is 0.304. The molecule has 1 atom stereocenters. The van der Waals surface area contributed by atoms with Crippen LogP contribution in [0.15, 0.2) is 71.5 Å². The molecule has 6 nitrogen and oxygen atoms in total. The van der Waals surface area contributed by atoms with E-state index in [2.05, 4.69) is 28.3 Å². The average molecular weight is 413 g/mol. The molecule has 0 N–H and O–H groups in total. The standard InChI is InChI=1S/C23H15N3O3S/c27-22-20(12-15-8-5-7-14-6-1-2-9-16(14)15)30-23-24-21(25-26(22)23)19-13-28-17-10-3-4-11-18(17)29-19/h1-12,19H,13H2/b20-12-/t19-/m1/s1. The molecule has 0 amide bonds. The topological polar surface area (TPSA) is 65.7 Å². The molecular formula is C23H15N3O3S. The molecule has 7 heteroatoms. The highest BCUT2D eigenvalue weighted by molar-refractivity contribution is 7.15. The molecule has 0 radical (unpaired) electrons. The second kappa shape index (κ2) is 6.67. The van der Waals surface area contributed by atoms with E-state index in [-0.39, 0.29) is 5.56 Å². The van der Waals surface area contributed by atoms with Gasteiger partial charge in [-0.25, -0.2) is 0 Å². The lowest BCUT2D eigenvalue weighted by Gasteiger charge is -2.24. The maximum atomic E-state index is 12.9. The first-order valence-corrected chi connectivity index (χ1v) is 10.4. The zero-order valence-electron chi connectivity index (χ0n) is 15.7. The van der Waals surface area contributed by atoms with Crippen LogP contribution in [0.4, 0.5) is 0 Å². The Bertz CT molecular complexity index is 1520. The van der Waals surface area contributed by atoms with Gasteiger partial charge in [-0.1, -0.05) is 65.9 Å². The lowest BCUT2D eigenvalue weighted by Crippen LogP contribution is -2.26. The number of benzene rings is 3. The van der Waals surface area contributed by atoms with Crippen LogP contribution >= 0.6 is 11.3 Å². The number of hydrogen-bond acceptors (Lipinski definition) is 6. The van der Waals surface area contributed by atoms with Crippen molar-refractivity contribution in [1.82, 2.24) is 14.6 Å². The van der Waals surface area contributed by atoms with Crippen molar-refractivity contribution in [2.24, 2.45) is 0 Å². The van der Waals surface area contributed by atoms with Gasteiger partial charge in [0, 0.05) is 0 Å². The molecule has 0 bridgehead atoms. The largest absolute Gasteiger partial charge is 0.485 e. The molecule has 0 unspecified atom stereocenters. The number of rotatable bonds is 2. The predicted octanol–water partition coefficient (Wildman–Crippen LogP) is 3.36. The van der Waals surface area contributed by atoms with Gasteiger partial charge >= 0.3 is 0 Å². The molecule has 2 aromatic heterocycles. The van der Waals surface area contributed by atoms with Crippen LogP contribution in [0.3, 0.4) is 0 Å². The van der Waals surface area contributed by atoms with Gasteiger partial charge in [-0.15, -0.1) is 5.10 Å². The summed E-state index contributed by atoms with van der Waals surface area (Å²) in [6.07, 6.45) is 1.46. The van der Waals surface area contributed by atoms with Gasteiger partial charge in [0.05, 0.1) is 4.53 Å². The molecule has 0 saturated heterocycles. The Morgan fingerprint density at radius 2 is 1.80 bits per heavy atom. The van der Waals surface area contributed by atoms with Crippen LogP contribution in [0, 0.1) is 0 Å². The lowest BCUT2D eigenvalue weighted by molar-refractivity contribution is 0.0852. The number of ether oxygens (including phenoxy) is 2. The van der Waals surface area contributed by atoms with Gasteiger partial charge in [0.15, 0.2) is 23.4 Å². The molecule has 1 aliphatic rings. The molecule has 3 heterocycles. The maximum Gasteiger partial charge on any atom is 0.291 e. The number of fused-ring (bicyclic) bond motifs is 3. The fourth-order valence-electron chi connectivity index (χ4n) is 3.65. The van der Waals surface area contributed by atoms with Crippen LogP contribution in [0.1, 0.15) is 17.5 Å². The van der Waals surface area contributed by atoms with E-state index in [9.17, 15) is 4.79 Å². The summed E-state index contributed by atoms with van der Waals surface area (Å²) in [7, 11) is 0. The quantitative estimate of drug-likeness (QED) is 0.444. The molecule has 3 aromatic carbocycles. The van der Waals surface area contributed by atoms with Gasteiger partial charge in [-0.3, -0.25) is 4.79 Å². The summed E-state index contributed by atoms with van der Waals surface area (Å²) in [4.78, 5) is 18.0. The van der Waals surface area contributed by atoms with Crippen molar-refractivity contribution in [3.8, 4) is 11.5 Å². The molecule has 5 aromatic rings. The van der Waals surface area contributed by atoms with Crippen LogP contribution in [0.25, 0.3) is 21.8 Å². The Hall–Kier alpha value is -3.71. The van der Waals surface area contributed by atoms with Crippen molar-refractivity contribution in [3.63, 3.8) is 0 Å². The van der Waals surface area contributed by atoms with Crippen LogP contribution in [-0.4, -0.2) is 21.2 Å². The molecule has 1 aliphatic heterocycles. The van der Waals surface area contributed by atoms with Crippen molar-refractivity contribution in [2.75, 3.05) is 6.61 Å². The third-order valence-corrected chi connectivity index (χ3v) is 6.06. The third-order valence-electron chi connectivity index (χ3n) is 5.10. The van der Waals surface area contributed by atoms with E-state index in [0.29, 0.717) is 33.4 Å².